The zero-order valence-electron chi connectivity index (χ0n) is 17.6. The van der Waals surface area contributed by atoms with Crippen LogP contribution in [0, 0.1) is 0 Å². The molecule has 0 amide bonds. The molecule has 8 nitrogen and oxygen atoms in total. The van der Waals surface area contributed by atoms with Crippen molar-refractivity contribution in [1.29, 1.82) is 0 Å². The summed E-state index contributed by atoms with van der Waals surface area (Å²) in [5.74, 6) is 0.497. The van der Waals surface area contributed by atoms with E-state index in [2.05, 4.69) is 44.0 Å². The van der Waals surface area contributed by atoms with Gasteiger partial charge in [0, 0.05) is 19.3 Å². The van der Waals surface area contributed by atoms with E-state index < -0.39 is 10.9 Å². The highest BCUT2D eigenvalue weighted by molar-refractivity contribution is 7.70. The normalized spacial score (nSPS) is 16.6. The minimum atomic E-state index is -2.57. The first-order valence-corrected chi connectivity index (χ1v) is 11.8. The number of pyridine rings is 1. The lowest BCUT2D eigenvalue weighted by atomic mass is 9.88. The van der Waals surface area contributed by atoms with Crippen molar-refractivity contribution in [3.05, 3.63) is 77.4 Å². The third kappa shape index (κ3) is 5.75. The number of benzene rings is 1. The van der Waals surface area contributed by atoms with Crippen molar-refractivity contribution in [3.63, 3.8) is 0 Å². The van der Waals surface area contributed by atoms with Crippen LogP contribution < -0.4 is 4.72 Å². The van der Waals surface area contributed by atoms with Crippen molar-refractivity contribution < 1.29 is 8.42 Å². The predicted octanol–water partition coefficient (Wildman–Crippen LogP) is 2.28. The number of thiol groups is 1. The van der Waals surface area contributed by atoms with Gasteiger partial charge in [0.25, 0.3) is 0 Å². The number of nitrogens with one attached hydrogen (secondary N) is 1. The van der Waals surface area contributed by atoms with E-state index in [4.69, 9.17) is 0 Å². The Kier molecular flexibility index (Phi) is 7.06. The number of hydrogen-bond acceptors (Lipinski definition) is 6. The first-order chi connectivity index (χ1) is 15.1. The van der Waals surface area contributed by atoms with E-state index in [-0.39, 0.29) is 6.04 Å². The largest absolute Gasteiger partial charge is 0.297 e. The second kappa shape index (κ2) is 10.1. The van der Waals surface area contributed by atoms with Gasteiger partial charge >= 0.3 is 0 Å². The van der Waals surface area contributed by atoms with Crippen LogP contribution in [0.4, 0.5) is 0 Å². The van der Waals surface area contributed by atoms with Crippen LogP contribution in [-0.2, 0) is 24.0 Å². The summed E-state index contributed by atoms with van der Waals surface area (Å²) in [6, 6.07) is 14.2. The molecule has 3 heterocycles. The summed E-state index contributed by atoms with van der Waals surface area (Å²) >= 11 is 0. The second-order valence-electron chi connectivity index (χ2n) is 8.01. The van der Waals surface area contributed by atoms with Gasteiger partial charge in [-0.05, 0) is 62.0 Å². The Labute approximate surface area is 184 Å². The van der Waals surface area contributed by atoms with Gasteiger partial charge in [-0.15, -0.1) is 5.10 Å². The fourth-order valence-electron chi connectivity index (χ4n) is 4.10. The first kappa shape index (κ1) is 21.6. The van der Waals surface area contributed by atoms with Gasteiger partial charge in [0.15, 0.2) is 0 Å². The van der Waals surface area contributed by atoms with Crippen LogP contribution in [0.2, 0.25) is 0 Å². The molecule has 1 saturated heterocycles. The summed E-state index contributed by atoms with van der Waals surface area (Å²) in [7, 11) is -2.57. The Bertz CT molecular complexity index is 1050. The summed E-state index contributed by atoms with van der Waals surface area (Å²) in [5.41, 5.74) is 4.23. The van der Waals surface area contributed by atoms with Crippen molar-refractivity contribution in [2.45, 2.75) is 44.8 Å². The van der Waals surface area contributed by atoms with Crippen molar-refractivity contribution in [3.8, 4) is 0 Å². The number of aromatic nitrogens is 4. The van der Waals surface area contributed by atoms with Crippen molar-refractivity contribution in [2.24, 2.45) is 0 Å². The lowest BCUT2D eigenvalue weighted by molar-refractivity contribution is 0.202. The lowest BCUT2D eigenvalue weighted by Crippen LogP contribution is -2.32. The molecule has 1 aromatic carbocycles. The SMILES string of the molecule is CC(c1ccccn1)n1cc(CN2CCC(c3cccc(CN[SH](=O)=O)c3)CC2)nn1. The van der Waals surface area contributed by atoms with E-state index >= 15 is 0 Å². The molecule has 2 aromatic heterocycles. The Balaban J connectivity index is 1.31. The Hall–Kier alpha value is -2.62. The quantitative estimate of drug-likeness (QED) is 0.522. The van der Waals surface area contributed by atoms with Gasteiger partial charge in [0.2, 0.25) is 10.9 Å². The summed E-state index contributed by atoms with van der Waals surface area (Å²) < 4.78 is 25.9. The third-order valence-electron chi connectivity index (χ3n) is 5.88. The van der Waals surface area contributed by atoms with Crippen LogP contribution in [0.25, 0.3) is 0 Å². The maximum atomic E-state index is 10.8. The standard InChI is InChI=1S/C22H28N6O2S/c1-17(22-7-2-3-10-23-22)28-16-21(25-26-28)15-27-11-8-19(9-12-27)20-6-4-5-18(13-20)14-24-31(29)30/h2-7,10,13,16-17,19,31H,8-9,11-12,14-15H2,1H3,(H,24,29,30). The molecule has 0 radical (unpaired) electrons. The number of nitrogens with zero attached hydrogens (tertiary/aromatic N) is 5. The molecule has 1 unspecified atom stereocenters. The number of likely N-dealkylation sites (tertiary alicyclic amines) is 1. The average Bonchev–Trinajstić information content (AvgIpc) is 3.27. The maximum absolute atomic E-state index is 10.8. The van der Waals surface area contributed by atoms with Gasteiger partial charge in [-0.2, -0.15) is 0 Å². The van der Waals surface area contributed by atoms with Crippen LogP contribution in [0.15, 0.2) is 54.9 Å². The number of rotatable bonds is 8. The van der Waals surface area contributed by atoms with Gasteiger partial charge in [0.05, 0.1) is 23.6 Å². The van der Waals surface area contributed by atoms with Crippen LogP contribution in [0.3, 0.4) is 0 Å². The topological polar surface area (TPSA) is 93.0 Å². The minimum Gasteiger partial charge on any atom is -0.297 e. The molecular weight excluding hydrogens is 412 g/mol. The lowest BCUT2D eigenvalue weighted by Gasteiger charge is -2.31. The van der Waals surface area contributed by atoms with E-state index in [1.165, 1.54) is 5.56 Å². The van der Waals surface area contributed by atoms with E-state index in [1.807, 2.05) is 41.2 Å². The van der Waals surface area contributed by atoms with E-state index in [9.17, 15) is 8.42 Å². The van der Waals surface area contributed by atoms with Gasteiger partial charge < -0.3 is 0 Å². The van der Waals surface area contributed by atoms with E-state index in [0.29, 0.717) is 12.5 Å². The van der Waals surface area contributed by atoms with Crippen molar-refractivity contribution in [1.82, 2.24) is 29.6 Å². The molecule has 1 aliphatic heterocycles. The molecule has 0 spiro atoms. The fourth-order valence-corrected chi connectivity index (χ4v) is 4.41. The molecule has 9 heteroatoms. The van der Waals surface area contributed by atoms with Gasteiger partial charge in [-0.1, -0.05) is 35.5 Å². The highest BCUT2D eigenvalue weighted by atomic mass is 32.2. The molecular formula is C22H28N6O2S. The monoisotopic (exact) mass is 440 g/mol. The highest BCUT2D eigenvalue weighted by Gasteiger charge is 2.22. The van der Waals surface area contributed by atoms with Crippen LogP contribution in [0.1, 0.15) is 54.2 Å². The molecule has 1 aliphatic rings. The molecule has 0 saturated carbocycles. The summed E-state index contributed by atoms with van der Waals surface area (Å²) in [6.07, 6.45) is 5.96. The number of hydrogen-bond donors (Lipinski definition) is 2. The molecule has 1 N–H and O–H groups in total. The van der Waals surface area contributed by atoms with Crippen LogP contribution in [-0.4, -0.2) is 46.4 Å². The molecule has 4 rings (SSSR count). The molecule has 0 bridgehead atoms. The van der Waals surface area contributed by atoms with Crippen LogP contribution in [0.5, 0.6) is 0 Å². The van der Waals surface area contributed by atoms with E-state index in [1.54, 1.807) is 6.20 Å². The molecule has 0 aliphatic carbocycles. The zero-order chi connectivity index (χ0) is 21.6. The van der Waals surface area contributed by atoms with Gasteiger partial charge in [0.1, 0.15) is 0 Å². The summed E-state index contributed by atoms with van der Waals surface area (Å²) in [5, 5.41) is 8.68. The summed E-state index contributed by atoms with van der Waals surface area (Å²) in [6.45, 7) is 5.22. The molecule has 1 atom stereocenters. The smallest absolute Gasteiger partial charge is 0.201 e. The molecule has 1 fully saturated rings. The zero-order valence-corrected chi connectivity index (χ0v) is 18.5. The second-order valence-corrected chi connectivity index (χ2v) is 8.84. The van der Waals surface area contributed by atoms with Gasteiger partial charge in [-0.25, -0.2) is 17.8 Å². The van der Waals surface area contributed by atoms with Crippen LogP contribution >= 0.6 is 0 Å². The highest BCUT2D eigenvalue weighted by Crippen LogP contribution is 2.29. The fraction of sp³-hybridized carbons (Fsp3) is 0.409. The Morgan fingerprint density at radius 3 is 2.74 bits per heavy atom. The molecule has 164 valence electrons. The third-order valence-corrected chi connectivity index (χ3v) is 6.29. The summed E-state index contributed by atoms with van der Waals surface area (Å²) in [4.78, 5) is 6.83. The average molecular weight is 441 g/mol. The number of piperidine rings is 1. The predicted molar refractivity (Wildman–Crippen MR) is 119 cm³/mol. The Morgan fingerprint density at radius 2 is 2.00 bits per heavy atom. The minimum absolute atomic E-state index is 0.0507. The van der Waals surface area contributed by atoms with Crippen molar-refractivity contribution >= 4 is 10.9 Å². The maximum Gasteiger partial charge on any atom is 0.201 e. The van der Waals surface area contributed by atoms with E-state index in [0.717, 1.165) is 49.4 Å². The Morgan fingerprint density at radius 1 is 1.16 bits per heavy atom. The first-order valence-electron chi connectivity index (χ1n) is 10.6. The van der Waals surface area contributed by atoms with Gasteiger partial charge in [-0.3, -0.25) is 9.88 Å². The molecule has 31 heavy (non-hydrogen) atoms. The molecule has 3 aromatic rings. The van der Waals surface area contributed by atoms with Crippen molar-refractivity contribution in [2.75, 3.05) is 13.1 Å².